The molecule has 8 rings (SSSR count). The highest BCUT2D eigenvalue weighted by atomic mass is 19.1. The lowest BCUT2D eigenvalue weighted by molar-refractivity contribution is 0.334. The maximum absolute atomic E-state index is 14.9. The Morgan fingerprint density at radius 3 is 2.23 bits per heavy atom. The third kappa shape index (κ3) is 6.58. The standard InChI is InChI=1S/C39H42FN7/c40-31-20-27(8-6-16-46-12-1-2-13-46)18-29(21-31)32-10-5-11-35-33(32)22-37(43-35)39-34-23-36(42-26-38(34)44-45-39)30-19-28(24-41-25-30)9-7-17-47-14-3-4-15-47/h5,10-11,18-26,43H,1-4,6-9,12-17H2,(H,44,45). The van der Waals surface area contributed by atoms with Crippen LogP contribution in [0.4, 0.5) is 4.39 Å². The molecular formula is C39H42FN7. The van der Waals surface area contributed by atoms with E-state index in [2.05, 4.69) is 61.3 Å². The quantitative estimate of drug-likeness (QED) is 0.152. The van der Waals surface area contributed by atoms with Gasteiger partial charge in [0.2, 0.25) is 0 Å². The Morgan fingerprint density at radius 1 is 0.702 bits per heavy atom. The van der Waals surface area contributed by atoms with Gasteiger partial charge >= 0.3 is 0 Å². The van der Waals surface area contributed by atoms with E-state index in [1.165, 1.54) is 57.4 Å². The first-order valence-electron chi connectivity index (χ1n) is 17.3. The summed E-state index contributed by atoms with van der Waals surface area (Å²) < 4.78 is 14.9. The first-order valence-corrected chi connectivity index (χ1v) is 17.3. The molecule has 0 unspecified atom stereocenters. The smallest absolute Gasteiger partial charge is 0.124 e. The molecule has 7 nitrogen and oxygen atoms in total. The molecule has 2 N–H and O–H groups in total. The molecule has 6 aromatic rings. The van der Waals surface area contributed by atoms with Crippen molar-refractivity contribution in [2.45, 2.75) is 51.4 Å². The fourth-order valence-electron chi connectivity index (χ4n) is 7.56. The van der Waals surface area contributed by atoms with Gasteiger partial charge in [-0.05, 0) is 149 Å². The second kappa shape index (κ2) is 13.4. The van der Waals surface area contributed by atoms with Gasteiger partial charge in [-0.1, -0.05) is 18.2 Å². The fraction of sp³-hybridized carbons (Fsp3) is 0.359. The maximum atomic E-state index is 14.9. The number of aryl methyl sites for hydroxylation is 2. The molecule has 0 atom stereocenters. The molecule has 0 aliphatic carbocycles. The summed E-state index contributed by atoms with van der Waals surface area (Å²) in [4.78, 5) is 18.0. The summed E-state index contributed by atoms with van der Waals surface area (Å²) in [7, 11) is 0. The van der Waals surface area contributed by atoms with Crippen molar-refractivity contribution in [2.24, 2.45) is 0 Å². The summed E-state index contributed by atoms with van der Waals surface area (Å²) in [5, 5.41) is 9.92. The zero-order chi connectivity index (χ0) is 31.6. The monoisotopic (exact) mass is 627 g/mol. The second-order valence-corrected chi connectivity index (χ2v) is 13.4. The highest BCUT2D eigenvalue weighted by molar-refractivity contribution is 6.01. The summed E-state index contributed by atoms with van der Waals surface area (Å²) in [6.45, 7) is 7.09. The molecule has 2 aromatic carbocycles. The Bertz CT molecular complexity index is 2000. The summed E-state index contributed by atoms with van der Waals surface area (Å²) in [5.74, 6) is -0.185. The van der Waals surface area contributed by atoms with Crippen LogP contribution < -0.4 is 0 Å². The van der Waals surface area contributed by atoms with Crippen LogP contribution in [0, 0.1) is 5.82 Å². The van der Waals surface area contributed by atoms with E-state index in [0.717, 1.165) is 99.9 Å². The zero-order valence-corrected chi connectivity index (χ0v) is 26.9. The van der Waals surface area contributed by atoms with Gasteiger partial charge in [0.1, 0.15) is 11.5 Å². The van der Waals surface area contributed by atoms with Crippen LogP contribution in [0.1, 0.15) is 49.7 Å². The molecule has 8 heteroatoms. The minimum atomic E-state index is -0.185. The Labute approximate surface area is 275 Å². The minimum absolute atomic E-state index is 0.185. The van der Waals surface area contributed by atoms with Crippen LogP contribution in [-0.2, 0) is 12.8 Å². The number of nitrogens with one attached hydrogen (secondary N) is 2. The Kier molecular flexibility index (Phi) is 8.53. The van der Waals surface area contributed by atoms with Gasteiger partial charge in [0.15, 0.2) is 0 Å². The topological polar surface area (TPSA) is 76.7 Å². The number of rotatable bonds is 11. The number of aromatic nitrogens is 5. The Balaban J connectivity index is 1.05. The highest BCUT2D eigenvalue weighted by Crippen LogP contribution is 2.35. The van der Waals surface area contributed by atoms with Gasteiger partial charge in [-0.3, -0.25) is 15.1 Å². The molecule has 0 bridgehead atoms. The predicted octanol–water partition coefficient (Wildman–Crippen LogP) is 8.03. The van der Waals surface area contributed by atoms with Crippen molar-refractivity contribution in [3.8, 4) is 33.8 Å². The van der Waals surface area contributed by atoms with Crippen molar-refractivity contribution in [3.63, 3.8) is 0 Å². The van der Waals surface area contributed by atoms with Gasteiger partial charge in [-0.15, -0.1) is 0 Å². The van der Waals surface area contributed by atoms with Crippen molar-refractivity contribution in [2.75, 3.05) is 39.3 Å². The van der Waals surface area contributed by atoms with Crippen molar-refractivity contribution in [1.29, 1.82) is 0 Å². The predicted molar refractivity (Wildman–Crippen MR) is 188 cm³/mol. The molecule has 2 saturated heterocycles. The van der Waals surface area contributed by atoms with Gasteiger partial charge in [-0.2, -0.15) is 5.10 Å². The molecule has 2 aliphatic rings. The van der Waals surface area contributed by atoms with Crippen molar-refractivity contribution < 1.29 is 4.39 Å². The number of fused-ring (bicyclic) bond motifs is 2. The maximum Gasteiger partial charge on any atom is 0.124 e. The van der Waals surface area contributed by atoms with Gasteiger partial charge in [0, 0.05) is 34.2 Å². The Hall–Kier alpha value is -4.40. The summed E-state index contributed by atoms with van der Waals surface area (Å²) >= 11 is 0. The van der Waals surface area contributed by atoms with Crippen LogP contribution in [0.3, 0.4) is 0 Å². The molecule has 6 heterocycles. The number of halogens is 1. The van der Waals surface area contributed by atoms with Crippen LogP contribution in [0.2, 0.25) is 0 Å². The zero-order valence-electron chi connectivity index (χ0n) is 26.9. The lowest BCUT2D eigenvalue weighted by Crippen LogP contribution is -2.20. The Morgan fingerprint density at radius 2 is 1.45 bits per heavy atom. The molecule has 4 aromatic heterocycles. The van der Waals surface area contributed by atoms with E-state index in [1.807, 2.05) is 24.7 Å². The molecular weight excluding hydrogens is 585 g/mol. The van der Waals surface area contributed by atoms with Crippen LogP contribution in [-0.4, -0.2) is 74.2 Å². The summed E-state index contributed by atoms with van der Waals surface area (Å²) in [6, 6.07) is 18.2. The lowest BCUT2D eigenvalue weighted by Gasteiger charge is -2.14. The average molecular weight is 628 g/mol. The van der Waals surface area contributed by atoms with E-state index in [4.69, 9.17) is 10.1 Å². The van der Waals surface area contributed by atoms with Gasteiger partial charge in [-0.25, -0.2) is 4.39 Å². The third-order valence-electron chi connectivity index (χ3n) is 10.0. The van der Waals surface area contributed by atoms with Gasteiger partial charge < -0.3 is 14.8 Å². The fourth-order valence-corrected chi connectivity index (χ4v) is 7.56. The molecule has 2 fully saturated rings. The van der Waals surface area contributed by atoms with E-state index in [0.29, 0.717) is 0 Å². The van der Waals surface area contributed by atoms with Gasteiger partial charge in [0.25, 0.3) is 0 Å². The van der Waals surface area contributed by atoms with Crippen LogP contribution in [0.15, 0.2) is 73.2 Å². The normalized spacial score (nSPS) is 15.9. The molecule has 0 spiro atoms. The van der Waals surface area contributed by atoms with Crippen molar-refractivity contribution in [3.05, 3.63) is 90.1 Å². The number of hydrogen-bond acceptors (Lipinski definition) is 5. The first-order chi connectivity index (χ1) is 23.2. The van der Waals surface area contributed by atoms with E-state index in [9.17, 15) is 4.39 Å². The largest absolute Gasteiger partial charge is 0.353 e. The number of hydrogen-bond donors (Lipinski definition) is 2. The van der Waals surface area contributed by atoms with Crippen molar-refractivity contribution >= 4 is 21.8 Å². The summed E-state index contributed by atoms with van der Waals surface area (Å²) in [6.07, 6.45) is 15.1. The molecule has 2 aliphatic heterocycles. The van der Waals surface area contributed by atoms with Crippen LogP contribution in [0.5, 0.6) is 0 Å². The number of aromatic amines is 2. The van der Waals surface area contributed by atoms with E-state index < -0.39 is 0 Å². The SMILES string of the molecule is Fc1cc(CCCN2CCCC2)cc(-c2cccc3[nH]c(-c4n[nH]c5cnc(-c6cncc(CCCN7CCCC7)c6)cc45)cc23)c1. The van der Waals surface area contributed by atoms with E-state index in [1.54, 1.807) is 12.1 Å². The minimum Gasteiger partial charge on any atom is -0.353 e. The lowest BCUT2D eigenvalue weighted by atomic mass is 9.98. The molecule has 0 radical (unpaired) electrons. The summed E-state index contributed by atoms with van der Waals surface area (Å²) in [5.41, 5.74) is 9.72. The molecule has 0 saturated carbocycles. The van der Waals surface area contributed by atoms with Crippen LogP contribution in [0.25, 0.3) is 55.6 Å². The van der Waals surface area contributed by atoms with Crippen LogP contribution >= 0.6 is 0 Å². The molecule has 0 amide bonds. The third-order valence-corrected chi connectivity index (χ3v) is 10.0. The van der Waals surface area contributed by atoms with Crippen molar-refractivity contribution in [1.82, 2.24) is 34.9 Å². The first kappa shape index (κ1) is 30.0. The number of pyridine rings is 2. The number of nitrogens with zero attached hydrogens (tertiary/aromatic N) is 5. The number of H-pyrrole nitrogens is 2. The second-order valence-electron chi connectivity index (χ2n) is 13.4. The number of likely N-dealkylation sites (tertiary alicyclic amines) is 2. The average Bonchev–Trinajstić information content (AvgIpc) is 3.91. The van der Waals surface area contributed by atoms with Gasteiger partial charge in [0.05, 0.1) is 23.1 Å². The van der Waals surface area contributed by atoms with E-state index >= 15 is 0 Å². The highest BCUT2D eigenvalue weighted by Gasteiger charge is 2.17. The number of benzene rings is 2. The molecule has 240 valence electrons. The van der Waals surface area contributed by atoms with E-state index in [-0.39, 0.29) is 5.82 Å². The molecule has 47 heavy (non-hydrogen) atoms.